The van der Waals surface area contributed by atoms with Crippen LogP contribution in [0.4, 0.5) is 15.4 Å². The molecule has 0 saturated carbocycles. The van der Waals surface area contributed by atoms with Gasteiger partial charge in [-0.15, -0.1) is 10.2 Å². The van der Waals surface area contributed by atoms with E-state index in [9.17, 15) is 24.0 Å². The Morgan fingerprint density at radius 3 is 2.31 bits per heavy atom. The molecule has 7 heterocycles. The second kappa shape index (κ2) is 26.8. The number of anilines is 1. The van der Waals surface area contributed by atoms with Gasteiger partial charge in [-0.05, 0) is 128 Å². The molecule has 2 aromatic carbocycles. The van der Waals surface area contributed by atoms with Crippen molar-refractivity contribution in [1.82, 2.24) is 64.9 Å². The van der Waals surface area contributed by atoms with Crippen LogP contribution in [0.15, 0.2) is 84.1 Å². The number of H-pyrrole nitrogens is 1. The van der Waals surface area contributed by atoms with Crippen LogP contribution in [-0.4, -0.2) is 186 Å². The number of carbonyl (C=O) groups excluding carboxylic acids is 5. The molecule has 3 aliphatic heterocycles. The van der Waals surface area contributed by atoms with Crippen molar-refractivity contribution in [2.45, 2.75) is 120 Å². The first kappa shape index (κ1) is 60.7. The van der Waals surface area contributed by atoms with Crippen LogP contribution in [0.3, 0.4) is 0 Å². The summed E-state index contributed by atoms with van der Waals surface area (Å²) < 4.78 is 20.4. The quantitative estimate of drug-likeness (QED) is 0.0650. The van der Waals surface area contributed by atoms with Crippen LogP contribution in [0.1, 0.15) is 106 Å². The summed E-state index contributed by atoms with van der Waals surface area (Å²) in [7, 11) is 0. The molecule has 0 spiro atoms. The van der Waals surface area contributed by atoms with E-state index in [1.165, 1.54) is 28.1 Å². The fourth-order valence-electron chi connectivity index (χ4n) is 10.4. The van der Waals surface area contributed by atoms with E-state index in [-0.39, 0.29) is 43.5 Å². The lowest BCUT2D eigenvalue weighted by Crippen LogP contribution is -2.64. The van der Waals surface area contributed by atoms with Crippen molar-refractivity contribution in [2.24, 2.45) is 0 Å². The van der Waals surface area contributed by atoms with Gasteiger partial charge < -0.3 is 49.1 Å². The number of hydrogen-bond donors (Lipinski definition) is 3. The molecule has 5 amide bonds. The molecule has 6 aromatic rings. The molecule has 25 heteroatoms. The van der Waals surface area contributed by atoms with Crippen LogP contribution in [0.25, 0.3) is 16.7 Å². The SMILES string of the molecule is Cc1cc(-n2ccnc2)ccc1CSc1nnc(C(=O)N2CCC(OCCN(CC(=O)N3CCN(CC[C@H](NC(=O)C4(NC(=O)OC(C)(C)C)CCN(c5ncnc6[nH]ccc56)CC4)c4ccc(Cl)cc4)CC3)C(=O)OC(C)(C)C)CC2)s1. The Balaban J connectivity index is 0.747. The van der Waals surface area contributed by atoms with Crippen LogP contribution >= 0.6 is 34.7 Å². The molecule has 83 heavy (non-hydrogen) atoms. The highest BCUT2D eigenvalue weighted by molar-refractivity contribution is 8.00. The fraction of sp³-hybridized carbons (Fsp3) is 0.517. The van der Waals surface area contributed by atoms with E-state index in [1.54, 1.807) is 87.8 Å². The third kappa shape index (κ3) is 16.3. The molecule has 3 N–H and O–H groups in total. The van der Waals surface area contributed by atoms with E-state index in [2.05, 4.69) is 75.7 Å². The Bertz CT molecular complexity index is 3180. The molecule has 0 radical (unpaired) electrons. The maximum absolute atomic E-state index is 14.8. The smallest absolute Gasteiger partial charge is 0.410 e. The van der Waals surface area contributed by atoms with E-state index >= 15 is 0 Å². The number of carbonyl (C=O) groups is 5. The number of aromatic amines is 1. The molecule has 3 fully saturated rings. The number of ether oxygens (including phenoxy) is 3. The monoisotopic (exact) mass is 1190 g/mol. The molecular weight excluding hydrogens is 1120 g/mol. The number of piperidine rings is 2. The molecule has 0 aliphatic carbocycles. The molecule has 1 atom stereocenters. The third-order valence-electron chi connectivity index (χ3n) is 15.0. The van der Waals surface area contributed by atoms with E-state index in [1.807, 2.05) is 35.2 Å². The van der Waals surface area contributed by atoms with E-state index < -0.39 is 35.0 Å². The Labute approximate surface area is 497 Å². The van der Waals surface area contributed by atoms with Crippen molar-refractivity contribution in [3.05, 3.63) is 106 Å². The van der Waals surface area contributed by atoms with Crippen molar-refractivity contribution in [3.8, 4) is 5.69 Å². The number of imidazole rings is 1. The highest BCUT2D eigenvalue weighted by Crippen LogP contribution is 2.33. The molecule has 3 saturated heterocycles. The zero-order chi connectivity index (χ0) is 58.9. The number of nitrogens with zero attached hydrogens (tertiary/aromatic N) is 11. The minimum absolute atomic E-state index is 0.138. The van der Waals surface area contributed by atoms with Gasteiger partial charge in [0.15, 0.2) is 4.34 Å². The minimum atomic E-state index is -1.29. The van der Waals surface area contributed by atoms with Crippen LogP contribution < -0.4 is 15.5 Å². The van der Waals surface area contributed by atoms with Gasteiger partial charge in [-0.3, -0.25) is 24.2 Å². The van der Waals surface area contributed by atoms with Crippen molar-refractivity contribution in [3.63, 3.8) is 0 Å². The highest BCUT2D eigenvalue weighted by atomic mass is 35.5. The number of fused-ring (bicyclic) bond motifs is 1. The maximum atomic E-state index is 14.8. The Kier molecular flexibility index (Phi) is 19.6. The number of nitrogens with one attached hydrogen (secondary N) is 3. The second-order valence-electron chi connectivity index (χ2n) is 23.2. The highest BCUT2D eigenvalue weighted by Gasteiger charge is 2.45. The van der Waals surface area contributed by atoms with Gasteiger partial charge in [-0.2, -0.15) is 0 Å². The summed E-state index contributed by atoms with van der Waals surface area (Å²) in [6.45, 7) is 17.4. The fourth-order valence-corrected chi connectivity index (χ4v) is 12.4. The van der Waals surface area contributed by atoms with Gasteiger partial charge in [0.05, 0.1) is 30.5 Å². The van der Waals surface area contributed by atoms with Crippen LogP contribution in [0.5, 0.6) is 0 Å². The molecule has 444 valence electrons. The second-order valence-corrected chi connectivity index (χ2v) is 25.9. The summed E-state index contributed by atoms with van der Waals surface area (Å²) >= 11 is 9.20. The molecule has 4 aromatic heterocycles. The molecule has 0 bridgehead atoms. The Morgan fingerprint density at radius 2 is 1.63 bits per heavy atom. The van der Waals surface area contributed by atoms with Gasteiger partial charge in [-0.1, -0.05) is 52.9 Å². The van der Waals surface area contributed by atoms with Crippen molar-refractivity contribution < 1.29 is 38.2 Å². The number of alkyl carbamates (subject to hydrolysis) is 1. The zero-order valence-corrected chi connectivity index (χ0v) is 50.7. The van der Waals surface area contributed by atoms with Gasteiger partial charge in [0.2, 0.25) is 16.8 Å². The number of benzene rings is 2. The van der Waals surface area contributed by atoms with E-state index in [4.69, 9.17) is 25.8 Å². The Morgan fingerprint density at radius 1 is 0.892 bits per heavy atom. The first-order valence-electron chi connectivity index (χ1n) is 28.2. The normalized spacial score (nSPS) is 16.6. The van der Waals surface area contributed by atoms with Crippen molar-refractivity contribution >= 4 is 81.5 Å². The lowest BCUT2D eigenvalue weighted by molar-refractivity contribution is -0.134. The first-order valence-corrected chi connectivity index (χ1v) is 30.4. The van der Waals surface area contributed by atoms with Gasteiger partial charge in [0, 0.05) is 101 Å². The van der Waals surface area contributed by atoms with E-state index in [0.29, 0.717) is 112 Å². The third-order valence-corrected chi connectivity index (χ3v) is 17.3. The number of thioether (sulfide) groups is 1. The molecule has 3 aliphatic rings. The molecule has 9 rings (SSSR count). The summed E-state index contributed by atoms with van der Waals surface area (Å²) in [6.07, 6.45) is 9.67. The number of halogens is 1. The number of aromatic nitrogens is 7. The molecule has 0 unspecified atom stereocenters. The molecular formula is C58H75ClN14O8S2. The lowest BCUT2D eigenvalue weighted by Gasteiger charge is -2.42. The first-order chi connectivity index (χ1) is 39.7. The number of rotatable bonds is 19. The van der Waals surface area contributed by atoms with Crippen LogP contribution in [0.2, 0.25) is 5.02 Å². The topological polar surface area (TPSA) is 238 Å². The largest absolute Gasteiger partial charge is 0.444 e. The summed E-state index contributed by atoms with van der Waals surface area (Å²) in [6, 6.07) is 15.1. The summed E-state index contributed by atoms with van der Waals surface area (Å²) in [5.41, 5.74) is 2.08. The predicted octanol–water partition coefficient (Wildman–Crippen LogP) is 8.06. The van der Waals surface area contributed by atoms with Gasteiger partial charge in [0.25, 0.3) is 5.91 Å². The summed E-state index contributed by atoms with van der Waals surface area (Å²) in [5.74, 6) is 0.775. The van der Waals surface area contributed by atoms with Crippen LogP contribution in [0, 0.1) is 6.92 Å². The van der Waals surface area contributed by atoms with Crippen LogP contribution in [-0.2, 0) is 29.6 Å². The number of likely N-dealkylation sites (tertiary alicyclic amines) is 1. The average molecular weight is 1200 g/mol. The number of piperazine rings is 1. The average Bonchev–Trinajstić information content (AvgIpc) is 4.35. The summed E-state index contributed by atoms with van der Waals surface area (Å²) in [4.78, 5) is 94.8. The van der Waals surface area contributed by atoms with Gasteiger partial charge in [0.1, 0.15) is 41.1 Å². The minimum Gasteiger partial charge on any atom is -0.444 e. The maximum Gasteiger partial charge on any atom is 0.410 e. The number of amides is 5. The Hall–Kier alpha value is -6.86. The molecule has 22 nitrogen and oxygen atoms in total. The van der Waals surface area contributed by atoms with Crippen molar-refractivity contribution in [1.29, 1.82) is 0 Å². The van der Waals surface area contributed by atoms with Gasteiger partial charge >= 0.3 is 12.2 Å². The van der Waals surface area contributed by atoms with E-state index in [0.717, 1.165) is 32.4 Å². The van der Waals surface area contributed by atoms with Crippen molar-refractivity contribution in [2.75, 3.05) is 83.5 Å². The predicted molar refractivity (Wildman–Crippen MR) is 318 cm³/mol. The number of hydrogen-bond acceptors (Lipinski definition) is 17. The number of aryl methyl sites for hydroxylation is 1. The van der Waals surface area contributed by atoms with Gasteiger partial charge in [-0.25, -0.2) is 24.5 Å². The zero-order valence-electron chi connectivity index (χ0n) is 48.3. The standard InChI is InChI=1S/C58H75ClN14O8S2/c1-39-34-43(73-27-21-60-38-73)13-10-41(39)36-82-54-67-66-50(83-54)51(75)71-23-15-44(16-24-71)79-33-32-72(55(78)81-57(5,6)7)35-47(74)69-30-28-68(29-31-69)22-17-46(40-8-11-42(59)12-9-40)64-52(76)58(65-53(77)80-56(2,3)4)18-25-70(26-19-58)49-45-14-20-61-48(45)62-37-63-49/h8-14,20-21,27,34,37-38,44,46H,15-19,22-26,28-33,35-36H2,1-7H3,(H,64,76)(H,65,77)(H,61,62,63)/t46-/m0/s1. The lowest BCUT2D eigenvalue weighted by atomic mass is 9.85. The summed E-state index contributed by atoms with van der Waals surface area (Å²) in [5, 5.41) is 16.7.